The fraction of sp³-hybridized carbons (Fsp3) is 0.700. The van der Waals surface area contributed by atoms with Crippen molar-refractivity contribution in [2.75, 3.05) is 27.2 Å². The maximum absolute atomic E-state index is 11.4. The molecule has 2 N–H and O–H groups in total. The molecule has 0 heterocycles. The molecule has 0 atom stereocenters. The zero-order valence-corrected chi connectivity index (χ0v) is 10.1. The highest BCUT2D eigenvalue weighted by molar-refractivity contribution is 5.80. The number of esters is 1. The molecule has 17 heavy (non-hydrogen) atoms. The van der Waals surface area contributed by atoms with Crippen molar-refractivity contribution in [3.63, 3.8) is 0 Å². The lowest BCUT2D eigenvalue weighted by molar-refractivity contribution is -0.141. The van der Waals surface area contributed by atoms with Crippen LogP contribution < -0.4 is 5.32 Å². The number of methoxy groups -OCH3 is 1. The van der Waals surface area contributed by atoms with Crippen molar-refractivity contribution in [2.45, 2.75) is 19.3 Å². The molecule has 0 saturated carbocycles. The lowest BCUT2D eigenvalue weighted by Gasteiger charge is -2.16. The van der Waals surface area contributed by atoms with Gasteiger partial charge >= 0.3 is 18.0 Å². The van der Waals surface area contributed by atoms with Gasteiger partial charge in [-0.3, -0.25) is 9.59 Å². The molecule has 0 aromatic heterocycles. The van der Waals surface area contributed by atoms with Crippen molar-refractivity contribution < 1.29 is 24.2 Å². The number of nitrogens with zero attached hydrogens (tertiary/aromatic N) is 1. The van der Waals surface area contributed by atoms with Crippen LogP contribution in [0.25, 0.3) is 0 Å². The van der Waals surface area contributed by atoms with Crippen LogP contribution in [-0.2, 0) is 14.3 Å². The minimum atomic E-state index is -0.848. The Morgan fingerprint density at radius 2 is 1.94 bits per heavy atom. The molecule has 0 aliphatic carbocycles. The lowest BCUT2D eigenvalue weighted by atomic mass is 10.2. The summed E-state index contributed by atoms with van der Waals surface area (Å²) in [6, 6.07) is -0.384. The van der Waals surface area contributed by atoms with Crippen molar-refractivity contribution in [3.8, 4) is 0 Å². The smallest absolute Gasteiger partial charge is 0.325 e. The molecule has 7 nitrogen and oxygen atoms in total. The van der Waals surface area contributed by atoms with Crippen LogP contribution in [0.15, 0.2) is 0 Å². The summed E-state index contributed by atoms with van der Waals surface area (Å²) in [4.78, 5) is 33.7. The molecule has 0 unspecified atom stereocenters. The molecular formula is C10H18N2O5. The average molecular weight is 246 g/mol. The first-order chi connectivity index (χ1) is 7.97. The van der Waals surface area contributed by atoms with Gasteiger partial charge in [-0.2, -0.15) is 0 Å². The summed E-state index contributed by atoms with van der Waals surface area (Å²) in [5.41, 5.74) is 0. The van der Waals surface area contributed by atoms with Gasteiger partial charge in [-0.05, 0) is 12.8 Å². The van der Waals surface area contributed by atoms with Gasteiger partial charge in [-0.1, -0.05) is 0 Å². The largest absolute Gasteiger partial charge is 0.481 e. The zero-order valence-electron chi connectivity index (χ0n) is 10.1. The van der Waals surface area contributed by atoms with Gasteiger partial charge < -0.3 is 20.1 Å². The van der Waals surface area contributed by atoms with Crippen LogP contribution in [0.5, 0.6) is 0 Å². The first-order valence-electron chi connectivity index (χ1n) is 5.25. The highest BCUT2D eigenvalue weighted by Gasteiger charge is 2.11. The third-order valence-corrected chi connectivity index (χ3v) is 2.03. The summed E-state index contributed by atoms with van der Waals surface area (Å²) in [6.07, 6.45) is 1.19. The van der Waals surface area contributed by atoms with Crippen LogP contribution in [-0.4, -0.2) is 55.2 Å². The van der Waals surface area contributed by atoms with Crippen molar-refractivity contribution in [2.24, 2.45) is 0 Å². The van der Waals surface area contributed by atoms with E-state index < -0.39 is 11.9 Å². The van der Waals surface area contributed by atoms with E-state index in [1.165, 1.54) is 19.1 Å². The van der Waals surface area contributed by atoms with E-state index in [1.807, 2.05) is 0 Å². The Bertz CT molecular complexity index is 280. The van der Waals surface area contributed by atoms with Crippen LogP contribution in [0.3, 0.4) is 0 Å². The fourth-order valence-electron chi connectivity index (χ4n) is 1.06. The minimum Gasteiger partial charge on any atom is -0.481 e. The van der Waals surface area contributed by atoms with Gasteiger partial charge in [-0.15, -0.1) is 0 Å². The Labute approximate surface area is 99.7 Å². The Hall–Kier alpha value is -1.79. The molecule has 0 fully saturated rings. The number of hydrogen-bond acceptors (Lipinski definition) is 4. The summed E-state index contributed by atoms with van der Waals surface area (Å²) < 4.78 is 4.41. The number of hydrogen-bond donors (Lipinski definition) is 2. The molecule has 98 valence electrons. The van der Waals surface area contributed by atoms with Gasteiger partial charge in [0, 0.05) is 20.0 Å². The molecule has 0 saturated heterocycles. The minimum absolute atomic E-state index is 0.0911. The Kier molecular flexibility index (Phi) is 7.49. The number of amides is 2. The predicted octanol–water partition coefficient (Wildman–Crippen LogP) is 0.0557. The number of urea groups is 1. The second kappa shape index (κ2) is 8.37. The van der Waals surface area contributed by atoms with Crippen LogP contribution in [0.1, 0.15) is 19.3 Å². The summed E-state index contributed by atoms with van der Waals surface area (Å²) in [5, 5.41) is 11.0. The normalized spacial score (nSPS) is 9.53. The van der Waals surface area contributed by atoms with Crippen molar-refractivity contribution in [1.82, 2.24) is 10.2 Å². The number of carbonyl (C=O) groups excluding carboxylic acids is 2. The number of aliphatic carboxylic acids is 1. The Morgan fingerprint density at radius 1 is 1.29 bits per heavy atom. The quantitative estimate of drug-likeness (QED) is 0.489. The second-order valence-corrected chi connectivity index (χ2v) is 3.51. The van der Waals surface area contributed by atoms with E-state index in [9.17, 15) is 14.4 Å². The van der Waals surface area contributed by atoms with Crippen LogP contribution in [0, 0.1) is 0 Å². The highest BCUT2D eigenvalue weighted by atomic mass is 16.5. The Balaban J connectivity index is 3.64. The molecule has 0 rings (SSSR count). The van der Waals surface area contributed by atoms with Gasteiger partial charge in [0.1, 0.15) is 6.54 Å². The maximum Gasteiger partial charge on any atom is 0.325 e. The summed E-state index contributed by atoms with van der Waals surface area (Å²) >= 11 is 0. The van der Waals surface area contributed by atoms with Gasteiger partial charge in [0.05, 0.1) is 7.11 Å². The Morgan fingerprint density at radius 3 is 2.47 bits per heavy atom. The first kappa shape index (κ1) is 15.2. The molecular weight excluding hydrogens is 228 g/mol. The van der Waals surface area contributed by atoms with Crippen LogP contribution in [0.2, 0.25) is 0 Å². The van der Waals surface area contributed by atoms with Gasteiger partial charge in [-0.25, -0.2) is 4.79 Å². The predicted molar refractivity (Wildman–Crippen MR) is 59.5 cm³/mol. The molecule has 0 spiro atoms. The third kappa shape index (κ3) is 8.06. The molecule has 0 bridgehead atoms. The third-order valence-electron chi connectivity index (χ3n) is 2.03. The van der Waals surface area contributed by atoms with E-state index >= 15 is 0 Å². The van der Waals surface area contributed by atoms with Crippen molar-refractivity contribution in [3.05, 3.63) is 0 Å². The summed E-state index contributed by atoms with van der Waals surface area (Å²) in [7, 11) is 2.73. The molecule has 0 aliphatic heterocycles. The van der Waals surface area contributed by atoms with Gasteiger partial charge in [0.2, 0.25) is 0 Å². The number of carboxylic acids is 1. The number of nitrogens with one attached hydrogen (secondary N) is 1. The second-order valence-electron chi connectivity index (χ2n) is 3.51. The molecule has 0 radical (unpaired) electrons. The monoisotopic (exact) mass is 246 g/mol. The molecule has 0 aliphatic rings. The van der Waals surface area contributed by atoms with Gasteiger partial charge in [0.25, 0.3) is 0 Å². The number of carboxylic acid groups (broad SMARTS) is 1. The first-order valence-corrected chi connectivity index (χ1v) is 5.25. The number of likely N-dealkylation sites (N-methyl/N-ethyl adjacent to an activating group) is 1. The van der Waals surface area contributed by atoms with Gasteiger partial charge in [0.15, 0.2) is 0 Å². The van der Waals surface area contributed by atoms with Crippen LogP contribution >= 0.6 is 0 Å². The molecule has 2 amide bonds. The van der Waals surface area contributed by atoms with E-state index in [4.69, 9.17) is 5.11 Å². The number of rotatable bonds is 7. The molecule has 0 aromatic rings. The van der Waals surface area contributed by atoms with E-state index in [0.29, 0.717) is 19.4 Å². The van der Waals surface area contributed by atoms with E-state index in [1.54, 1.807) is 0 Å². The summed E-state index contributed by atoms with van der Waals surface area (Å²) in [6.45, 7) is 0.273. The number of ether oxygens (including phenoxy) is 1. The highest BCUT2D eigenvalue weighted by Crippen LogP contribution is 1.94. The van der Waals surface area contributed by atoms with E-state index in [0.717, 1.165) is 0 Å². The van der Waals surface area contributed by atoms with Crippen LogP contribution in [0.4, 0.5) is 4.79 Å². The fourth-order valence-corrected chi connectivity index (χ4v) is 1.06. The summed E-state index contributed by atoms with van der Waals surface area (Å²) in [5.74, 6) is -1.34. The zero-order chi connectivity index (χ0) is 13.3. The van der Waals surface area contributed by atoms with Crippen molar-refractivity contribution in [1.29, 1.82) is 0 Å². The maximum atomic E-state index is 11.4. The topological polar surface area (TPSA) is 95.9 Å². The average Bonchev–Trinajstić information content (AvgIpc) is 2.27. The van der Waals surface area contributed by atoms with E-state index in [2.05, 4.69) is 10.1 Å². The standard InChI is InChI=1S/C10H18N2O5/c1-12(7-9(15)17-2)10(16)11-6-4-3-5-8(13)14/h3-7H2,1-2H3,(H,11,16)(H,13,14). The van der Waals surface area contributed by atoms with E-state index in [-0.39, 0.29) is 19.0 Å². The lowest BCUT2D eigenvalue weighted by Crippen LogP contribution is -2.40. The number of unbranched alkanes of at least 4 members (excludes halogenated alkanes) is 1. The molecule has 7 heteroatoms. The number of carbonyl (C=O) groups is 3. The van der Waals surface area contributed by atoms with Crippen molar-refractivity contribution >= 4 is 18.0 Å². The molecule has 0 aromatic carbocycles. The SMILES string of the molecule is COC(=O)CN(C)C(=O)NCCCCC(=O)O.